The monoisotopic (exact) mass is 188 g/mol. The largest absolute Gasteiger partial charge is 0.298 e. The molecule has 3 heteroatoms. The van der Waals surface area contributed by atoms with E-state index in [-0.39, 0.29) is 0 Å². The Hall–Kier alpha value is -1.90. The minimum absolute atomic E-state index is 0.457. The van der Waals surface area contributed by atoms with E-state index >= 15 is 0 Å². The second-order valence-corrected chi connectivity index (χ2v) is 2.91. The molecule has 3 nitrogen and oxygen atoms in total. The molecule has 0 N–H and O–H groups in total. The molecular formula is C11H12N2O. The summed E-state index contributed by atoms with van der Waals surface area (Å²) in [6.07, 6.45) is 5.95. The minimum atomic E-state index is 0.457. The third kappa shape index (κ3) is 2.29. The number of rotatable bonds is 4. The first-order chi connectivity index (χ1) is 6.65. The Labute approximate surface area is 83.1 Å². The highest BCUT2D eigenvalue weighted by atomic mass is 16.1. The van der Waals surface area contributed by atoms with Crippen LogP contribution in [0, 0.1) is 0 Å². The van der Waals surface area contributed by atoms with Crippen molar-refractivity contribution in [1.29, 1.82) is 0 Å². The highest BCUT2D eigenvalue weighted by molar-refractivity contribution is 5.80. The average Bonchev–Trinajstić information content (AvgIpc) is 2.69. The average molecular weight is 188 g/mol. The van der Waals surface area contributed by atoms with E-state index in [4.69, 9.17) is 0 Å². The van der Waals surface area contributed by atoms with E-state index in [2.05, 4.69) is 18.3 Å². The Balaban J connectivity index is 2.83. The number of hydrogen-bond acceptors (Lipinski definition) is 2. The summed E-state index contributed by atoms with van der Waals surface area (Å²) in [6, 6.07) is 1.81. The molecule has 0 aromatic carbocycles. The van der Waals surface area contributed by atoms with Crippen LogP contribution in [0.25, 0.3) is 5.70 Å². The van der Waals surface area contributed by atoms with Crippen molar-refractivity contribution in [2.75, 3.05) is 0 Å². The SMILES string of the molecule is C=C(C=O)/C(C)=C\C(=C)n1cccn1. The molecule has 1 aromatic rings. The van der Waals surface area contributed by atoms with E-state index < -0.39 is 0 Å². The summed E-state index contributed by atoms with van der Waals surface area (Å²) in [5.74, 6) is 0. The second-order valence-electron chi connectivity index (χ2n) is 2.91. The van der Waals surface area contributed by atoms with Crippen LogP contribution in [-0.2, 0) is 4.79 Å². The van der Waals surface area contributed by atoms with E-state index in [0.29, 0.717) is 11.3 Å². The summed E-state index contributed by atoms with van der Waals surface area (Å²) in [4.78, 5) is 10.4. The van der Waals surface area contributed by atoms with Crippen molar-refractivity contribution >= 4 is 12.0 Å². The van der Waals surface area contributed by atoms with Gasteiger partial charge in [0.2, 0.25) is 0 Å². The van der Waals surface area contributed by atoms with Crippen molar-refractivity contribution in [2.24, 2.45) is 0 Å². The summed E-state index contributed by atoms with van der Waals surface area (Å²) >= 11 is 0. The van der Waals surface area contributed by atoms with Gasteiger partial charge in [-0.25, -0.2) is 4.68 Å². The molecular weight excluding hydrogens is 176 g/mol. The fourth-order valence-corrected chi connectivity index (χ4v) is 0.940. The van der Waals surface area contributed by atoms with E-state index in [9.17, 15) is 4.79 Å². The van der Waals surface area contributed by atoms with Crippen LogP contribution in [0.2, 0.25) is 0 Å². The number of hydrogen-bond donors (Lipinski definition) is 0. The summed E-state index contributed by atoms with van der Waals surface area (Å²) in [7, 11) is 0. The van der Waals surface area contributed by atoms with Crippen molar-refractivity contribution in [1.82, 2.24) is 9.78 Å². The number of aldehydes is 1. The van der Waals surface area contributed by atoms with Crippen LogP contribution in [0.3, 0.4) is 0 Å². The minimum Gasteiger partial charge on any atom is -0.298 e. The molecule has 0 bridgehead atoms. The molecule has 0 fully saturated rings. The molecule has 0 aliphatic heterocycles. The Morgan fingerprint density at radius 2 is 2.21 bits per heavy atom. The number of nitrogens with zero attached hydrogens (tertiary/aromatic N) is 2. The highest BCUT2D eigenvalue weighted by Crippen LogP contribution is 2.10. The van der Waals surface area contributed by atoms with Crippen molar-refractivity contribution in [3.8, 4) is 0 Å². The number of carbonyl (C=O) groups is 1. The Bertz CT molecular complexity index is 385. The molecule has 1 aromatic heterocycles. The zero-order chi connectivity index (χ0) is 10.6. The lowest BCUT2D eigenvalue weighted by Gasteiger charge is -2.02. The van der Waals surface area contributed by atoms with Gasteiger partial charge in [0.05, 0.1) is 5.70 Å². The van der Waals surface area contributed by atoms with E-state index in [0.717, 1.165) is 11.9 Å². The van der Waals surface area contributed by atoms with Gasteiger partial charge in [0.15, 0.2) is 0 Å². The Morgan fingerprint density at radius 1 is 1.50 bits per heavy atom. The van der Waals surface area contributed by atoms with Gasteiger partial charge in [-0.2, -0.15) is 5.10 Å². The summed E-state index contributed by atoms with van der Waals surface area (Å²) < 4.78 is 1.63. The summed E-state index contributed by atoms with van der Waals surface area (Å²) in [5.41, 5.74) is 1.95. The summed E-state index contributed by atoms with van der Waals surface area (Å²) in [5, 5.41) is 4.01. The molecule has 1 rings (SSSR count). The smallest absolute Gasteiger partial charge is 0.149 e. The van der Waals surface area contributed by atoms with Gasteiger partial charge >= 0.3 is 0 Å². The van der Waals surface area contributed by atoms with Crippen LogP contribution < -0.4 is 0 Å². The van der Waals surface area contributed by atoms with Gasteiger partial charge in [-0.3, -0.25) is 4.79 Å². The maximum Gasteiger partial charge on any atom is 0.149 e. The zero-order valence-corrected chi connectivity index (χ0v) is 8.10. The predicted molar refractivity (Wildman–Crippen MR) is 56.5 cm³/mol. The normalized spacial score (nSPS) is 11.1. The predicted octanol–water partition coefficient (Wildman–Crippen LogP) is 2.06. The molecule has 0 saturated heterocycles. The molecule has 0 aliphatic carbocycles. The first-order valence-electron chi connectivity index (χ1n) is 4.17. The van der Waals surface area contributed by atoms with Crippen LogP contribution >= 0.6 is 0 Å². The fraction of sp³-hybridized carbons (Fsp3) is 0.0909. The third-order valence-electron chi connectivity index (χ3n) is 1.83. The lowest BCUT2D eigenvalue weighted by molar-refractivity contribution is -0.104. The van der Waals surface area contributed by atoms with E-state index in [1.807, 2.05) is 13.0 Å². The van der Waals surface area contributed by atoms with Crippen molar-refractivity contribution in [3.05, 3.63) is 48.8 Å². The highest BCUT2D eigenvalue weighted by Gasteiger charge is 1.97. The lowest BCUT2D eigenvalue weighted by atomic mass is 10.1. The molecule has 14 heavy (non-hydrogen) atoms. The van der Waals surface area contributed by atoms with E-state index in [1.165, 1.54) is 0 Å². The number of carbonyl (C=O) groups excluding carboxylic acids is 1. The van der Waals surface area contributed by atoms with Crippen molar-refractivity contribution in [3.63, 3.8) is 0 Å². The first kappa shape index (κ1) is 10.2. The molecule has 1 heterocycles. The summed E-state index contributed by atoms with van der Waals surface area (Å²) in [6.45, 7) is 9.23. The van der Waals surface area contributed by atoms with Gasteiger partial charge < -0.3 is 0 Å². The molecule has 0 unspecified atom stereocenters. The van der Waals surface area contributed by atoms with Gasteiger partial charge in [0.1, 0.15) is 6.29 Å². The standard InChI is InChI=1S/C11H12N2O/c1-9(10(2)8-14)7-11(3)13-6-4-5-12-13/h4-8H,2-3H2,1H3/b9-7-. The van der Waals surface area contributed by atoms with Crippen LogP contribution in [-0.4, -0.2) is 16.1 Å². The maximum atomic E-state index is 10.4. The van der Waals surface area contributed by atoms with Gasteiger partial charge in [0, 0.05) is 18.0 Å². The fourth-order valence-electron chi connectivity index (χ4n) is 0.940. The van der Waals surface area contributed by atoms with Crippen LogP contribution in [0.4, 0.5) is 0 Å². The van der Waals surface area contributed by atoms with Gasteiger partial charge in [0.25, 0.3) is 0 Å². The van der Waals surface area contributed by atoms with E-state index in [1.54, 1.807) is 23.2 Å². The molecule has 0 saturated carbocycles. The molecule has 0 atom stereocenters. The van der Waals surface area contributed by atoms with Crippen LogP contribution in [0.15, 0.2) is 48.8 Å². The molecule has 72 valence electrons. The molecule has 0 amide bonds. The lowest BCUT2D eigenvalue weighted by Crippen LogP contribution is -1.95. The van der Waals surface area contributed by atoms with Crippen molar-refractivity contribution < 1.29 is 4.79 Å². The Morgan fingerprint density at radius 3 is 2.71 bits per heavy atom. The zero-order valence-electron chi connectivity index (χ0n) is 8.10. The third-order valence-corrected chi connectivity index (χ3v) is 1.83. The first-order valence-corrected chi connectivity index (χ1v) is 4.17. The van der Waals surface area contributed by atoms with Gasteiger partial charge in [-0.1, -0.05) is 13.2 Å². The van der Waals surface area contributed by atoms with Gasteiger partial charge in [-0.05, 0) is 24.6 Å². The topological polar surface area (TPSA) is 34.9 Å². The second kappa shape index (κ2) is 4.37. The Kier molecular flexibility index (Phi) is 3.18. The molecule has 0 spiro atoms. The maximum absolute atomic E-state index is 10.4. The van der Waals surface area contributed by atoms with Crippen LogP contribution in [0.1, 0.15) is 6.92 Å². The number of aromatic nitrogens is 2. The molecule has 0 aliphatic rings. The molecule has 0 radical (unpaired) electrons. The number of allylic oxidation sites excluding steroid dienone is 4. The quantitative estimate of drug-likeness (QED) is 0.412. The van der Waals surface area contributed by atoms with Gasteiger partial charge in [-0.15, -0.1) is 0 Å². The van der Waals surface area contributed by atoms with Crippen molar-refractivity contribution in [2.45, 2.75) is 6.92 Å². The van der Waals surface area contributed by atoms with Crippen LogP contribution in [0.5, 0.6) is 0 Å².